The first-order valence-electron chi connectivity index (χ1n) is 14.9. The molecule has 0 bridgehead atoms. The Labute approximate surface area is 327 Å². The van der Waals surface area contributed by atoms with Gasteiger partial charge in [0.25, 0.3) is 0 Å². The molecule has 5 nitrogen and oxygen atoms in total. The van der Waals surface area contributed by atoms with Crippen LogP contribution in [0.4, 0.5) is 149 Å². The number of halogens is 34. The van der Waals surface area contributed by atoms with Gasteiger partial charge in [-0.1, -0.05) is 0 Å². The molecule has 0 aromatic rings. The third kappa shape index (κ3) is 9.14. The lowest BCUT2D eigenvalue weighted by atomic mass is 9.88. The van der Waals surface area contributed by atoms with Gasteiger partial charge in [-0.05, 0) is 6.42 Å². The summed E-state index contributed by atoms with van der Waals surface area (Å²) >= 11 is 0. The molecule has 39 heteroatoms. The van der Waals surface area contributed by atoms with E-state index in [0.29, 0.717) is 0 Å². The van der Waals surface area contributed by atoms with E-state index in [2.05, 4.69) is 9.47 Å². The van der Waals surface area contributed by atoms with Gasteiger partial charge in [0.2, 0.25) is 0 Å². The summed E-state index contributed by atoms with van der Waals surface area (Å²) < 4.78 is 459. The zero-order valence-corrected chi connectivity index (χ0v) is 28.9. The van der Waals surface area contributed by atoms with Gasteiger partial charge in [-0.3, -0.25) is 9.59 Å². The molecule has 1 atom stereocenters. The van der Waals surface area contributed by atoms with Crippen molar-refractivity contribution >= 4 is 11.9 Å². The maximum atomic E-state index is 13.9. The normalized spacial score (nSPS) is 16.5. The van der Waals surface area contributed by atoms with Gasteiger partial charge in [0, 0.05) is 6.42 Å². The lowest BCUT2D eigenvalue weighted by Crippen LogP contribution is -2.74. The second-order valence-electron chi connectivity index (χ2n) is 12.3. The third-order valence-electron chi connectivity index (χ3n) is 7.88. The average molecular weight is 1040 g/mol. The number of hydrogen-bond acceptors (Lipinski definition) is 5. The molecule has 64 heavy (non-hydrogen) atoms. The van der Waals surface area contributed by atoms with Crippen LogP contribution in [0.15, 0.2) is 0 Å². The van der Waals surface area contributed by atoms with Gasteiger partial charge in [-0.2, -0.15) is 149 Å². The summed E-state index contributed by atoms with van der Waals surface area (Å²) in [5, 5.41) is 0. The van der Waals surface area contributed by atoms with E-state index in [1.54, 1.807) is 0 Å². The van der Waals surface area contributed by atoms with Gasteiger partial charge < -0.3 is 15.2 Å². The number of carbonyl (C=O) groups excluding carboxylic acids is 2. The maximum Gasteiger partial charge on any atom is 0.460 e. The van der Waals surface area contributed by atoms with Crippen LogP contribution in [-0.4, -0.2) is 126 Å². The highest BCUT2D eigenvalue weighted by Crippen LogP contribution is 2.66. The minimum Gasteiger partial charge on any atom is -0.465 e. The van der Waals surface area contributed by atoms with Gasteiger partial charge in [0.15, 0.2) is 0 Å². The average Bonchev–Trinajstić information content (AvgIpc) is 3.08. The fourth-order valence-electron chi connectivity index (χ4n) is 3.85. The molecule has 0 saturated heterocycles. The molecule has 1 unspecified atom stereocenters. The molecule has 0 aliphatic heterocycles. The number of alkyl halides is 34. The summed E-state index contributed by atoms with van der Waals surface area (Å²) in [4.78, 5) is 23.2. The van der Waals surface area contributed by atoms with Crippen LogP contribution in [0.25, 0.3) is 0 Å². The van der Waals surface area contributed by atoms with Crippen LogP contribution in [0.3, 0.4) is 0 Å². The van der Waals surface area contributed by atoms with Crippen LogP contribution in [0.1, 0.15) is 25.7 Å². The van der Waals surface area contributed by atoms with Gasteiger partial charge in [0.1, 0.15) is 6.04 Å². The van der Waals surface area contributed by atoms with Crippen LogP contribution in [0.2, 0.25) is 0 Å². The maximum absolute atomic E-state index is 13.9. The Bertz CT molecular complexity index is 1640. The Morgan fingerprint density at radius 1 is 0.344 bits per heavy atom. The second kappa shape index (κ2) is 17.0. The number of esters is 2. The summed E-state index contributed by atoms with van der Waals surface area (Å²) in [6, 6.07) is -2.64. The third-order valence-corrected chi connectivity index (χ3v) is 7.88. The standard InChI is InChI=1S/C25H15F34NO4/c26-10(27,12(30,31)14(34,35)16(38,39)18(42,43)20(46,47)22(50,51)24(54,55)56)3-5-63-8(61)2-1-7(60)9(62)64-6-4-11(28,29)13(32,33)15(36,37)17(40,41)19(44,45)21(48,49)23(52,53)25(57,58)59/h7H,1-6,60H2. The molecule has 0 spiro atoms. The van der Waals surface area contributed by atoms with Crippen LogP contribution in [0, 0.1) is 0 Å². The molecule has 0 aromatic heterocycles. The molecule has 0 saturated carbocycles. The van der Waals surface area contributed by atoms with Gasteiger partial charge >= 0.3 is 107 Å². The molecule has 2 N–H and O–H groups in total. The summed E-state index contributed by atoms with van der Waals surface area (Å²) in [6.45, 7) is -5.12. The van der Waals surface area contributed by atoms with Crippen LogP contribution >= 0.6 is 0 Å². The van der Waals surface area contributed by atoms with Gasteiger partial charge in [-0.15, -0.1) is 0 Å². The molecule has 0 fully saturated rings. The summed E-state index contributed by atoms with van der Waals surface area (Å²) in [7, 11) is 0. The molecule has 0 aliphatic rings. The number of rotatable bonds is 22. The first kappa shape index (κ1) is 60.5. The van der Waals surface area contributed by atoms with Gasteiger partial charge in [0.05, 0.1) is 26.1 Å². The van der Waals surface area contributed by atoms with E-state index < -0.39 is 152 Å². The topological polar surface area (TPSA) is 78.6 Å². The van der Waals surface area contributed by atoms with E-state index in [1.807, 2.05) is 0 Å². The Morgan fingerprint density at radius 3 is 0.812 bits per heavy atom. The molecule has 0 aromatic carbocycles. The Kier molecular flexibility index (Phi) is 16.1. The second-order valence-corrected chi connectivity index (χ2v) is 12.3. The summed E-state index contributed by atoms with van der Waals surface area (Å²) in [5.74, 6) is -123. The van der Waals surface area contributed by atoms with Crippen molar-refractivity contribution in [3.8, 4) is 0 Å². The quantitative estimate of drug-likeness (QED) is 0.0863. The lowest BCUT2D eigenvalue weighted by molar-refractivity contribution is -0.461. The minimum absolute atomic E-state index is 1.51. The predicted octanol–water partition coefficient (Wildman–Crippen LogP) is 11.0. The molecule has 382 valence electrons. The van der Waals surface area contributed by atoms with Crippen LogP contribution in [-0.2, 0) is 19.1 Å². The van der Waals surface area contributed by atoms with E-state index in [1.165, 1.54) is 0 Å². The van der Waals surface area contributed by atoms with E-state index in [9.17, 15) is 159 Å². The first-order valence-corrected chi connectivity index (χ1v) is 14.9. The van der Waals surface area contributed by atoms with Crippen LogP contribution < -0.4 is 5.73 Å². The lowest BCUT2D eigenvalue weighted by Gasteiger charge is -2.42. The van der Waals surface area contributed by atoms with Crippen molar-refractivity contribution in [2.24, 2.45) is 5.73 Å². The smallest absolute Gasteiger partial charge is 0.460 e. The predicted molar refractivity (Wildman–Crippen MR) is 130 cm³/mol. The number of ether oxygens (including phenoxy) is 2. The highest BCUT2D eigenvalue weighted by molar-refractivity contribution is 5.77. The Balaban J connectivity index is 5.80. The first-order chi connectivity index (χ1) is 27.4. The molecule has 0 heterocycles. The van der Waals surface area contributed by atoms with Gasteiger partial charge in [-0.25, -0.2) is 0 Å². The zero-order chi connectivity index (χ0) is 52.4. The molecule has 0 radical (unpaired) electrons. The Hall–Kier alpha value is -3.48. The Morgan fingerprint density at radius 2 is 0.562 bits per heavy atom. The fraction of sp³-hybridized carbons (Fsp3) is 0.920. The highest BCUT2D eigenvalue weighted by atomic mass is 19.4. The van der Waals surface area contributed by atoms with E-state index in [0.717, 1.165) is 0 Å². The molecular formula is C25H15F34NO4. The van der Waals surface area contributed by atoms with Crippen molar-refractivity contribution in [3.05, 3.63) is 0 Å². The number of carbonyl (C=O) groups is 2. The van der Waals surface area contributed by atoms with Crippen molar-refractivity contribution in [2.75, 3.05) is 13.2 Å². The number of nitrogens with two attached hydrogens (primary N) is 1. The summed E-state index contributed by atoms with van der Waals surface area (Å²) in [6.07, 6.45) is -25.9. The summed E-state index contributed by atoms with van der Waals surface area (Å²) in [5.41, 5.74) is 4.91. The monoisotopic (exact) mass is 1040 g/mol. The van der Waals surface area contributed by atoms with Crippen molar-refractivity contribution < 1.29 is 168 Å². The van der Waals surface area contributed by atoms with Crippen molar-refractivity contribution in [1.82, 2.24) is 0 Å². The van der Waals surface area contributed by atoms with Crippen molar-refractivity contribution in [1.29, 1.82) is 0 Å². The fourth-order valence-corrected chi connectivity index (χ4v) is 3.85. The minimum atomic E-state index is -8.97. The zero-order valence-electron chi connectivity index (χ0n) is 28.9. The SMILES string of the molecule is NC(CCC(=O)OCCC(F)(F)C(F)(F)C(F)(F)C(F)(F)C(F)(F)C(F)(F)C(F)(F)C(F)(F)F)C(=O)OCCC(F)(F)C(F)(F)C(F)(F)C(F)(F)C(F)(F)C(F)(F)C(F)(F)C(F)(F)F. The van der Waals surface area contributed by atoms with Crippen molar-refractivity contribution in [2.45, 2.75) is 127 Å². The van der Waals surface area contributed by atoms with E-state index in [4.69, 9.17) is 5.73 Å². The highest BCUT2D eigenvalue weighted by Gasteiger charge is 2.97. The van der Waals surface area contributed by atoms with Crippen molar-refractivity contribution in [3.63, 3.8) is 0 Å². The van der Waals surface area contributed by atoms with E-state index in [-0.39, 0.29) is 0 Å². The van der Waals surface area contributed by atoms with Crippen LogP contribution in [0.5, 0.6) is 0 Å². The molecular weight excluding hydrogens is 1020 g/mol. The largest absolute Gasteiger partial charge is 0.465 e. The molecule has 0 rings (SSSR count). The van der Waals surface area contributed by atoms with E-state index >= 15 is 0 Å². The molecule has 0 amide bonds. The number of hydrogen-bond donors (Lipinski definition) is 1. The molecule has 0 aliphatic carbocycles.